The first kappa shape index (κ1) is 9.33. The molecule has 14 heavy (non-hydrogen) atoms. The molecule has 0 aromatic carbocycles. The summed E-state index contributed by atoms with van der Waals surface area (Å²) in [6, 6.07) is 1.81. The molecule has 74 valence electrons. The fourth-order valence-corrected chi connectivity index (χ4v) is 1.89. The number of rotatable bonds is 2. The summed E-state index contributed by atoms with van der Waals surface area (Å²) in [4.78, 5) is 13.5. The zero-order valence-corrected chi connectivity index (χ0v) is 9.01. The van der Waals surface area contributed by atoms with Gasteiger partial charge < -0.3 is 14.5 Å². The third-order valence-corrected chi connectivity index (χ3v) is 2.78. The van der Waals surface area contributed by atoms with Crippen LogP contribution in [0.1, 0.15) is 23.2 Å². The quantitative estimate of drug-likeness (QED) is 0.870. The highest BCUT2D eigenvalue weighted by Crippen LogP contribution is 2.30. The maximum atomic E-state index is 10.7. The number of hydrogen-bond acceptors (Lipinski definition) is 2. The number of hydrogen-bond donors (Lipinski definition) is 2. The largest absolute Gasteiger partial charge is 0.477 e. The van der Waals surface area contributed by atoms with Crippen LogP contribution in [0.3, 0.4) is 0 Å². The molecule has 2 heterocycles. The van der Waals surface area contributed by atoms with E-state index < -0.39 is 5.97 Å². The number of fused-ring (bicyclic) bond motifs is 1. The average molecular weight is 258 g/mol. The Balaban J connectivity index is 2.66. The van der Waals surface area contributed by atoms with Gasteiger partial charge in [0.15, 0.2) is 5.58 Å². The highest BCUT2D eigenvalue weighted by Gasteiger charge is 2.18. The Hall–Kier alpha value is -1.23. The molecule has 0 radical (unpaired) electrons. The topological polar surface area (TPSA) is 66.2 Å². The summed E-state index contributed by atoms with van der Waals surface area (Å²) in [7, 11) is 0. The zero-order chi connectivity index (χ0) is 10.3. The second-order valence-corrected chi connectivity index (χ2v) is 3.72. The molecule has 0 saturated heterocycles. The number of aromatic amines is 1. The van der Waals surface area contributed by atoms with E-state index in [9.17, 15) is 4.79 Å². The number of halogens is 1. The van der Waals surface area contributed by atoms with Gasteiger partial charge in [0.1, 0.15) is 11.5 Å². The highest BCUT2D eigenvalue weighted by molar-refractivity contribution is 9.10. The van der Waals surface area contributed by atoms with Gasteiger partial charge in [0.05, 0.1) is 9.99 Å². The van der Waals surface area contributed by atoms with Crippen molar-refractivity contribution in [3.8, 4) is 0 Å². The van der Waals surface area contributed by atoms with Gasteiger partial charge in [0, 0.05) is 12.5 Å². The SMILES string of the molecule is CCc1cc2[nH]c(C(=O)O)c(Br)c2o1. The van der Waals surface area contributed by atoms with E-state index in [1.807, 2.05) is 13.0 Å². The number of furan rings is 1. The molecule has 0 aliphatic carbocycles. The van der Waals surface area contributed by atoms with E-state index >= 15 is 0 Å². The van der Waals surface area contributed by atoms with E-state index in [0.29, 0.717) is 15.6 Å². The summed E-state index contributed by atoms with van der Waals surface area (Å²) < 4.78 is 5.91. The van der Waals surface area contributed by atoms with Crippen LogP contribution in [0.15, 0.2) is 15.0 Å². The summed E-state index contributed by atoms with van der Waals surface area (Å²) in [6.45, 7) is 1.98. The Morgan fingerprint density at radius 2 is 2.43 bits per heavy atom. The van der Waals surface area contributed by atoms with Gasteiger partial charge in [-0.15, -0.1) is 0 Å². The lowest BCUT2D eigenvalue weighted by Crippen LogP contribution is -1.96. The van der Waals surface area contributed by atoms with Gasteiger partial charge in [-0.2, -0.15) is 0 Å². The number of carboxylic acid groups (broad SMARTS) is 1. The summed E-state index contributed by atoms with van der Waals surface area (Å²) in [5.74, 6) is -0.162. The van der Waals surface area contributed by atoms with Crippen LogP contribution < -0.4 is 0 Å². The van der Waals surface area contributed by atoms with E-state index in [0.717, 1.165) is 12.2 Å². The van der Waals surface area contributed by atoms with Crippen molar-refractivity contribution in [3.63, 3.8) is 0 Å². The minimum atomic E-state index is -0.999. The lowest BCUT2D eigenvalue weighted by molar-refractivity contribution is 0.0690. The van der Waals surface area contributed by atoms with Gasteiger partial charge in [0.25, 0.3) is 0 Å². The lowest BCUT2D eigenvalue weighted by atomic mass is 10.3. The van der Waals surface area contributed by atoms with Crippen molar-refractivity contribution in [1.82, 2.24) is 4.98 Å². The highest BCUT2D eigenvalue weighted by atomic mass is 79.9. The number of aromatic carboxylic acids is 1. The Morgan fingerprint density at radius 3 is 2.93 bits per heavy atom. The standard InChI is InChI=1S/C9H8BrNO3/c1-2-4-3-5-8(14-4)6(10)7(11-5)9(12)13/h3,11H,2H2,1H3,(H,12,13). The van der Waals surface area contributed by atoms with Crippen molar-refractivity contribution in [1.29, 1.82) is 0 Å². The molecule has 0 unspecified atom stereocenters. The van der Waals surface area contributed by atoms with Gasteiger partial charge in [-0.05, 0) is 15.9 Å². The van der Waals surface area contributed by atoms with E-state index in [4.69, 9.17) is 9.52 Å². The summed E-state index contributed by atoms with van der Waals surface area (Å²) >= 11 is 3.19. The zero-order valence-electron chi connectivity index (χ0n) is 7.43. The van der Waals surface area contributed by atoms with Crippen LogP contribution in [-0.4, -0.2) is 16.1 Å². The lowest BCUT2D eigenvalue weighted by Gasteiger charge is -1.89. The van der Waals surface area contributed by atoms with Crippen molar-refractivity contribution in [2.75, 3.05) is 0 Å². The van der Waals surface area contributed by atoms with Gasteiger partial charge in [-0.1, -0.05) is 6.92 Å². The summed E-state index contributed by atoms with van der Waals surface area (Å²) in [6.07, 6.45) is 0.789. The summed E-state index contributed by atoms with van der Waals surface area (Å²) in [5.41, 5.74) is 1.41. The van der Waals surface area contributed by atoms with Crippen LogP contribution in [-0.2, 0) is 6.42 Å². The molecule has 4 nitrogen and oxygen atoms in total. The Bertz CT molecular complexity index is 497. The number of carbonyl (C=O) groups is 1. The molecule has 0 bridgehead atoms. The first-order chi connectivity index (χ1) is 6.63. The molecule has 0 aliphatic rings. The van der Waals surface area contributed by atoms with Crippen LogP contribution in [0.2, 0.25) is 0 Å². The van der Waals surface area contributed by atoms with E-state index in [-0.39, 0.29) is 5.69 Å². The van der Waals surface area contributed by atoms with E-state index in [1.54, 1.807) is 0 Å². The third-order valence-electron chi connectivity index (χ3n) is 2.02. The van der Waals surface area contributed by atoms with Gasteiger partial charge >= 0.3 is 5.97 Å². The first-order valence-corrected chi connectivity index (χ1v) is 4.96. The monoisotopic (exact) mass is 257 g/mol. The first-order valence-electron chi connectivity index (χ1n) is 4.16. The number of aryl methyl sites for hydroxylation is 1. The van der Waals surface area contributed by atoms with Crippen molar-refractivity contribution in [2.24, 2.45) is 0 Å². The van der Waals surface area contributed by atoms with Crippen molar-refractivity contribution < 1.29 is 14.3 Å². The van der Waals surface area contributed by atoms with Gasteiger partial charge in [-0.25, -0.2) is 4.79 Å². The van der Waals surface area contributed by atoms with Crippen molar-refractivity contribution in [2.45, 2.75) is 13.3 Å². The van der Waals surface area contributed by atoms with Crippen molar-refractivity contribution in [3.05, 3.63) is 22.0 Å². The van der Waals surface area contributed by atoms with Gasteiger partial charge in [-0.3, -0.25) is 0 Å². The molecular formula is C9H8BrNO3. The fraction of sp³-hybridized carbons (Fsp3) is 0.222. The molecule has 2 rings (SSSR count). The van der Waals surface area contributed by atoms with Crippen LogP contribution in [0.25, 0.3) is 11.1 Å². The number of nitrogens with one attached hydrogen (secondary N) is 1. The normalized spacial score (nSPS) is 11.0. The molecule has 0 atom stereocenters. The predicted molar refractivity (Wildman–Crippen MR) is 54.6 cm³/mol. The third kappa shape index (κ3) is 1.24. The number of aromatic nitrogens is 1. The van der Waals surface area contributed by atoms with Crippen LogP contribution in [0.4, 0.5) is 0 Å². The second kappa shape index (κ2) is 3.16. The number of H-pyrrole nitrogens is 1. The Kier molecular flexibility index (Phi) is 2.11. The maximum Gasteiger partial charge on any atom is 0.353 e. The van der Waals surface area contributed by atoms with Gasteiger partial charge in [0.2, 0.25) is 0 Å². The molecule has 5 heteroatoms. The number of carboxylic acids is 1. The average Bonchev–Trinajstić information content (AvgIpc) is 2.65. The van der Waals surface area contributed by atoms with Crippen LogP contribution in [0, 0.1) is 0 Å². The molecule has 0 amide bonds. The molecular weight excluding hydrogens is 250 g/mol. The molecule has 0 aliphatic heterocycles. The maximum absolute atomic E-state index is 10.7. The minimum Gasteiger partial charge on any atom is -0.477 e. The molecule has 2 N–H and O–H groups in total. The predicted octanol–water partition coefficient (Wildman–Crippen LogP) is 2.78. The van der Waals surface area contributed by atoms with Crippen molar-refractivity contribution >= 4 is 33.0 Å². The van der Waals surface area contributed by atoms with E-state index in [1.165, 1.54) is 0 Å². The van der Waals surface area contributed by atoms with Crippen LogP contribution in [0.5, 0.6) is 0 Å². The molecule has 0 fully saturated rings. The Labute approximate surface area is 88.0 Å². The minimum absolute atomic E-state index is 0.126. The molecule has 0 spiro atoms. The van der Waals surface area contributed by atoms with Crippen LogP contribution >= 0.6 is 15.9 Å². The molecule has 0 saturated carbocycles. The smallest absolute Gasteiger partial charge is 0.353 e. The summed E-state index contributed by atoms with van der Waals surface area (Å²) in [5, 5.41) is 8.81. The second-order valence-electron chi connectivity index (χ2n) is 2.93. The van der Waals surface area contributed by atoms with E-state index in [2.05, 4.69) is 20.9 Å². The molecule has 2 aromatic rings. The molecule has 2 aromatic heterocycles. The fourth-order valence-electron chi connectivity index (χ4n) is 1.32. The Morgan fingerprint density at radius 1 is 1.71 bits per heavy atom.